The Hall–Kier alpha value is -1.99. The third kappa shape index (κ3) is 3.37. The van der Waals surface area contributed by atoms with Crippen molar-refractivity contribution in [3.63, 3.8) is 0 Å². The number of hydrogen-bond acceptors (Lipinski definition) is 3. The second-order valence-electron chi connectivity index (χ2n) is 4.47. The first kappa shape index (κ1) is 15.4. The second-order valence-corrected chi connectivity index (χ2v) is 6.13. The third-order valence-corrected chi connectivity index (χ3v) is 4.41. The number of aliphatic hydroxyl groups excluding tert-OH is 1. The molecule has 0 atom stereocenters. The van der Waals surface area contributed by atoms with Crippen molar-refractivity contribution in [1.82, 2.24) is 0 Å². The molecule has 0 aliphatic rings. The van der Waals surface area contributed by atoms with Crippen molar-refractivity contribution >= 4 is 15.7 Å². The number of benzene rings is 2. The highest BCUT2D eigenvalue weighted by molar-refractivity contribution is 7.92. The lowest BCUT2D eigenvalue weighted by Gasteiger charge is -2.12. The van der Waals surface area contributed by atoms with Crippen molar-refractivity contribution < 1.29 is 22.3 Å². The van der Waals surface area contributed by atoms with Crippen LogP contribution in [-0.2, 0) is 16.6 Å². The summed E-state index contributed by atoms with van der Waals surface area (Å²) < 4.78 is 53.5. The molecule has 0 saturated carbocycles. The molecule has 0 saturated heterocycles. The van der Waals surface area contributed by atoms with Crippen LogP contribution in [-0.4, -0.2) is 13.5 Å². The predicted octanol–water partition coefficient (Wildman–Crippen LogP) is 2.57. The Morgan fingerprint density at radius 2 is 1.90 bits per heavy atom. The van der Waals surface area contributed by atoms with Gasteiger partial charge in [0.2, 0.25) is 0 Å². The molecule has 0 radical (unpaired) electrons. The van der Waals surface area contributed by atoms with Gasteiger partial charge in [-0.3, -0.25) is 4.72 Å². The van der Waals surface area contributed by atoms with E-state index in [4.69, 9.17) is 5.11 Å². The SMILES string of the molecule is Cc1c(F)cc(CO)cc1S(=O)(=O)Nc1cccc(F)c1. The zero-order valence-corrected chi connectivity index (χ0v) is 11.9. The fraction of sp³-hybridized carbons (Fsp3) is 0.143. The van der Waals surface area contributed by atoms with Gasteiger partial charge in [0.1, 0.15) is 11.6 Å². The van der Waals surface area contributed by atoms with Crippen LogP contribution < -0.4 is 4.72 Å². The summed E-state index contributed by atoms with van der Waals surface area (Å²) in [5.41, 5.74) is 0.0954. The quantitative estimate of drug-likeness (QED) is 0.911. The second kappa shape index (κ2) is 5.79. The first-order valence-electron chi connectivity index (χ1n) is 6.02. The lowest BCUT2D eigenvalue weighted by molar-refractivity contribution is 0.281. The number of aliphatic hydroxyl groups is 1. The molecule has 0 aromatic heterocycles. The number of nitrogens with one attached hydrogen (secondary N) is 1. The van der Waals surface area contributed by atoms with E-state index in [0.29, 0.717) is 0 Å². The van der Waals surface area contributed by atoms with Crippen LogP contribution in [0.2, 0.25) is 0 Å². The maximum Gasteiger partial charge on any atom is 0.262 e. The van der Waals surface area contributed by atoms with E-state index in [-0.39, 0.29) is 21.7 Å². The molecule has 7 heteroatoms. The van der Waals surface area contributed by atoms with Gasteiger partial charge in [0.05, 0.1) is 17.2 Å². The van der Waals surface area contributed by atoms with Crippen LogP contribution in [0.5, 0.6) is 0 Å². The summed E-state index contributed by atoms with van der Waals surface area (Å²) in [5, 5.41) is 9.04. The highest BCUT2D eigenvalue weighted by Crippen LogP contribution is 2.23. The molecule has 2 aromatic rings. The molecule has 0 aliphatic heterocycles. The van der Waals surface area contributed by atoms with Gasteiger partial charge in [0.25, 0.3) is 10.0 Å². The monoisotopic (exact) mass is 313 g/mol. The number of sulfonamides is 1. The molecule has 0 fully saturated rings. The molecule has 0 aliphatic carbocycles. The molecule has 112 valence electrons. The van der Waals surface area contributed by atoms with E-state index >= 15 is 0 Å². The summed E-state index contributed by atoms with van der Waals surface area (Å²) in [7, 11) is -4.08. The minimum atomic E-state index is -4.08. The number of rotatable bonds is 4. The van der Waals surface area contributed by atoms with Crippen LogP contribution in [0.3, 0.4) is 0 Å². The van der Waals surface area contributed by atoms with Crippen LogP contribution in [0.25, 0.3) is 0 Å². The Balaban J connectivity index is 2.47. The summed E-state index contributed by atoms with van der Waals surface area (Å²) in [4.78, 5) is -0.296. The Labute approximate surface area is 121 Å². The Morgan fingerprint density at radius 3 is 2.52 bits per heavy atom. The Kier molecular flexibility index (Phi) is 4.24. The Morgan fingerprint density at radius 1 is 1.19 bits per heavy atom. The zero-order valence-electron chi connectivity index (χ0n) is 11.1. The number of hydrogen-bond donors (Lipinski definition) is 2. The molecule has 21 heavy (non-hydrogen) atoms. The van der Waals surface area contributed by atoms with Gasteiger partial charge in [-0.25, -0.2) is 17.2 Å². The summed E-state index contributed by atoms with van der Waals surface area (Å²) in [5.74, 6) is -1.33. The first-order chi connectivity index (χ1) is 9.83. The Bertz CT molecular complexity index is 776. The third-order valence-electron chi connectivity index (χ3n) is 2.91. The van der Waals surface area contributed by atoms with Crippen LogP contribution >= 0.6 is 0 Å². The van der Waals surface area contributed by atoms with Gasteiger partial charge >= 0.3 is 0 Å². The van der Waals surface area contributed by atoms with Crippen molar-refractivity contribution in [3.05, 3.63) is 59.2 Å². The van der Waals surface area contributed by atoms with Gasteiger partial charge in [-0.05, 0) is 42.8 Å². The van der Waals surface area contributed by atoms with E-state index < -0.39 is 28.3 Å². The summed E-state index contributed by atoms with van der Waals surface area (Å²) >= 11 is 0. The molecule has 0 unspecified atom stereocenters. The van der Waals surface area contributed by atoms with Crippen molar-refractivity contribution in [3.8, 4) is 0 Å². The molecule has 0 spiro atoms. The smallest absolute Gasteiger partial charge is 0.262 e. The lowest BCUT2D eigenvalue weighted by atomic mass is 10.1. The van der Waals surface area contributed by atoms with Gasteiger partial charge in [0, 0.05) is 5.56 Å². The van der Waals surface area contributed by atoms with Gasteiger partial charge in [-0.1, -0.05) is 6.07 Å². The lowest BCUT2D eigenvalue weighted by Crippen LogP contribution is -2.15. The predicted molar refractivity (Wildman–Crippen MR) is 74.3 cm³/mol. The minimum Gasteiger partial charge on any atom is -0.392 e. The van der Waals surface area contributed by atoms with E-state index in [9.17, 15) is 17.2 Å². The van der Waals surface area contributed by atoms with Crippen molar-refractivity contribution in [2.24, 2.45) is 0 Å². The van der Waals surface area contributed by atoms with Gasteiger partial charge in [0.15, 0.2) is 0 Å². The number of anilines is 1. The molecule has 2 aromatic carbocycles. The molecule has 4 nitrogen and oxygen atoms in total. The maximum atomic E-state index is 13.7. The fourth-order valence-corrected chi connectivity index (χ4v) is 3.19. The summed E-state index contributed by atoms with van der Waals surface area (Å²) in [6.45, 7) is 0.830. The maximum absolute atomic E-state index is 13.7. The van der Waals surface area contributed by atoms with E-state index in [1.165, 1.54) is 31.2 Å². The van der Waals surface area contributed by atoms with E-state index in [2.05, 4.69) is 4.72 Å². The van der Waals surface area contributed by atoms with Crippen molar-refractivity contribution in [2.75, 3.05) is 4.72 Å². The molecule has 0 bridgehead atoms. The van der Waals surface area contributed by atoms with Gasteiger partial charge in [-0.15, -0.1) is 0 Å². The van der Waals surface area contributed by atoms with Crippen LogP contribution in [0.15, 0.2) is 41.3 Å². The van der Waals surface area contributed by atoms with Crippen LogP contribution in [0, 0.1) is 18.6 Å². The minimum absolute atomic E-state index is 0.0317. The molecular formula is C14H13F2NO3S. The first-order valence-corrected chi connectivity index (χ1v) is 7.50. The zero-order chi connectivity index (χ0) is 15.6. The molecule has 2 rings (SSSR count). The van der Waals surface area contributed by atoms with Crippen molar-refractivity contribution in [2.45, 2.75) is 18.4 Å². The van der Waals surface area contributed by atoms with E-state index in [0.717, 1.165) is 12.1 Å². The summed E-state index contributed by atoms with van der Waals surface area (Å²) in [6.07, 6.45) is 0. The highest BCUT2D eigenvalue weighted by atomic mass is 32.2. The van der Waals surface area contributed by atoms with Gasteiger partial charge in [-0.2, -0.15) is 0 Å². The highest BCUT2D eigenvalue weighted by Gasteiger charge is 2.20. The van der Waals surface area contributed by atoms with Crippen LogP contribution in [0.4, 0.5) is 14.5 Å². The number of halogens is 2. The average Bonchev–Trinajstić information content (AvgIpc) is 2.41. The van der Waals surface area contributed by atoms with E-state index in [1.54, 1.807) is 0 Å². The largest absolute Gasteiger partial charge is 0.392 e. The average molecular weight is 313 g/mol. The van der Waals surface area contributed by atoms with Crippen molar-refractivity contribution in [1.29, 1.82) is 0 Å². The fourth-order valence-electron chi connectivity index (χ4n) is 1.84. The molecular weight excluding hydrogens is 300 g/mol. The van der Waals surface area contributed by atoms with Gasteiger partial charge < -0.3 is 5.11 Å². The van der Waals surface area contributed by atoms with Crippen LogP contribution in [0.1, 0.15) is 11.1 Å². The molecule has 2 N–H and O–H groups in total. The molecule has 0 amide bonds. The molecule has 0 heterocycles. The normalized spacial score (nSPS) is 11.4. The standard InChI is InChI=1S/C14H13F2NO3S/c1-9-13(16)5-10(8-18)6-14(9)21(19,20)17-12-4-2-3-11(15)7-12/h2-7,17-18H,8H2,1H3. The van der Waals surface area contributed by atoms with E-state index in [1.807, 2.05) is 0 Å². The summed E-state index contributed by atoms with van der Waals surface area (Å²) in [6, 6.07) is 7.16. The topological polar surface area (TPSA) is 66.4 Å².